The number of hydrogen-bond acceptors (Lipinski definition) is 4. The molecule has 0 aromatic rings. The monoisotopic (exact) mass is 394 g/mol. The van der Waals surface area contributed by atoms with Crippen molar-refractivity contribution in [3.05, 3.63) is 0 Å². The number of rotatable bonds is 4. The summed E-state index contributed by atoms with van der Waals surface area (Å²) in [5, 5.41) is 17.4. The second-order valence-corrected chi connectivity index (χ2v) is 9.71. The van der Waals surface area contributed by atoms with Crippen molar-refractivity contribution in [1.29, 1.82) is 0 Å². The third-order valence-corrected chi connectivity index (χ3v) is 6.09. The van der Waals surface area contributed by atoms with Crippen LogP contribution in [0.2, 0.25) is 0 Å². The molecule has 0 radical (unpaired) electrons. The lowest BCUT2D eigenvalue weighted by Crippen LogP contribution is -2.55. The summed E-state index contributed by atoms with van der Waals surface area (Å²) in [4.78, 5) is 19.3. The number of aliphatic hydroxyl groups is 1. The molecule has 2 unspecified atom stereocenters. The smallest absolute Gasteiger partial charge is 0.410 e. The SMILES string of the molecule is CCNC(=NCC1(O)CCCC1)NC1CC2CCC(C1)N2C(=O)OC(C)(C)C. The van der Waals surface area contributed by atoms with Gasteiger partial charge in [0.2, 0.25) is 0 Å². The maximum atomic E-state index is 12.6. The fourth-order valence-electron chi connectivity index (χ4n) is 4.84. The summed E-state index contributed by atoms with van der Waals surface area (Å²) in [6.45, 7) is 9.03. The van der Waals surface area contributed by atoms with Gasteiger partial charge >= 0.3 is 6.09 Å². The number of aliphatic imine (C=N–C) groups is 1. The summed E-state index contributed by atoms with van der Waals surface area (Å²) in [5.41, 5.74) is -1.10. The van der Waals surface area contributed by atoms with Gasteiger partial charge in [-0.3, -0.25) is 4.99 Å². The summed E-state index contributed by atoms with van der Waals surface area (Å²) in [6.07, 6.45) is 7.57. The Labute approximate surface area is 169 Å². The van der Waals surface area contributed by atoms with Gasteiger partial charge in [-0.05, 0) is 66.2 Å². The first-order chi connectivity index (χ1) is 13.2. The van der Waals surface area contributed by atoms with Gasteiger partial charge in [-0.25, -0.2) is 4.79 Å². The normalized spacial score (nSPS) is 29.7. The van der Waals surface area contributed by atoms with Crippen molar-refractivity contribution in [2.45, 2.75) is 108 Å². The van der Waals surface area contributed by atoms with Crippen LogP contribution in [0.1, 0.15) is 79.1 Å². The van der Waals surface area contributed by atoms with Crippen LogP contribution in [0.4, 0.5) is 4.79 Å². The van der Waals surface area contributed by atoms with E-state index >= 15 is 0 Å². The molecule has 2 heterocycles. The summed E-state index contributed by atoms with van der Waals surface area (Å²) in [6, 6.07) is 0.744. The molecule has 1 saturated carbocycles. The molecule has 0 aromatic carbocycles. The molecule has 0 aromatic heterocycles. The van der Waals surface area contributed by atoms with Crippen LogP contribution < -0.4 is 10.6 Å². The van der Waals surface area contributed by atoms with Crippen molar-refractivity contribution in [2.24, 2.45) is 4.99 Å². The van der Waals surface area contributed by atoms with Gasteiger partial charge < -0.3 is 25.4 Å². The van der Waals surface area contributed by atoms with Gasteiger partial charge in [-0.1, -0.05) is 12.8 Å². The number of piperidine rings is 1. The van der Waals surface area contributed by atoms with E-state index in [4.69, 9.17) is 4.74 Å². The van der Waals surface area contributed by atoms with Crippen molar-refractivity contribution >= 4 is 12.1 Å². The highest BCUT2D eigenvalue weighted by molar-refractivity contribution is 5.80. The molecule has 0 spiro atoms. The highest BCUT2D eigenvalue weighted by Crippen LogP contribution is 2.37. The summed E-state index contributed by atoms with van der Waals surface area (Å²) in [5.74, 6) is 0.776. The minimum absolute atomic E-state index is 0.178. The minimum Gasteiger partial charge on any atom is -0.444 e. The Morgan fingerprint density at radius 3 is 2.36 bits per heavy atom. The van der Waals surface area contributed by atoms with E-state index in [1.165, 1.54) is 0 Å². The van der Waals surface area contributed by atoms with Crippen LogP contribution in [0, 0.1) is 0 Å². The van der Waals surface area contributed by atoms with E-state index in [0.717, 1.165) is 63.9 Å². The van der Waals surface area contributed by atoms with Gasteiger partial charge in [-0.2, -0.15) is 0 Å². The van der Waals surface area contributed by atoms with Crippen LogP contribution in [0.25, 0.3) is 0 Å². The topological polar surface area (TPSA) is 86.2 Å². The Kier molecular flexibility index (Phi) is 6.42. The number of nitrogens with zero attached hydrogens (tertiary/aromatic N) is 2. The van der Waals surface area contributed by atoms with Crippen LogP contribution in [0.15, 0.2) is 4.99 Å². The molecule has 7 heteroatoms. The van der Waals surface area contributed by atoms with Crippen LogP contribution in [-0.4, -0.2) is 64.5 Å². The number of fused-ring (bicyclic) bond motifs is 2. The van der Waals surface area contributed by atoms with Crippen LogP contribution in [0.3, 0.4) is 0 Å². The third kappa shape index (κ3) is 5.31. The van der Waals surface area contributed by atoms with E-state index in [9.17, 15) is 9.90 Å². The number of amides is 1. The first-order valence-corrected chi connectivity index (χ1v) is 11.0. The average Bonchev–Trinajstić information content (AvgIpc) is 3.14. The predicted octanol–water partition coefficient (Wildman–Crippen LogP) is 2.78. The van der Waals surface area contributed by atoms with E-state index in [0.29, 0.717) is 6.54 Å². The molecule has 2 aliphatic heterocycles. The zero-order chi connectivity index (χ0) is 20.4. The second-order valence-electron chi connectivity index (χ2n) is 9.71. The molecule has 28 heavy (non-hydrogen) atoms. The van der Waals surface area contributed by atoms with E-state index in [1.807, 2.05) is 25.7 Å². The van der Waals surface area contributed by atoms with Gasteiger partial charge in [0.25, 0.3) is 0 Å². The van der Waals surface area contributed by atoms with Gasteiger partial charge in [0, 0.05) is 24.7 Å². The molecule has 3 N–H and O–H groups in total. The molecule has 160 valence electrons. The Morgan fingerprint density at radius 1 is 1.21 bits per heavy atom. The molecule has 2 saturated heterocycles. The molecule has 2 atom stereocenters. The number of guanidine groups is 1. The van der Waals surface area contributed by atoms with E-state index in [-0.39, 0.29) is 24.2 Å². The Bertz CT molecular complexity index is 567. The largest absolute Gasteiger partial charge is 0.444 e. The van der Waals surface area contributed by atoms with E-state index in [2.05, 4.69) is 22.5 Å². The number of hydrogen-bond donors (Lipinski definition) is 3. The average molecular weight is 395 g/mol. The summed E-state index contributed by atoms with van der Waals surface area (Å²) >= 11 is 0. The van der Waals surface area contributed by atoms with Gasteiger partial charge in [-0.15, -0.1) is 0 Å². The lowest BCUT2D eigenvalue weighted by Gasteiger charge is -2.40. The predicted molar refractivity (Wildman–Crippen MR) is 110 cm³/mol. The second kappa shape index (κ2) is 8.47. The molecule has 2 bridgehead atoms. The van der Waals surface area contributed by atoms with E-state index in [1.54, 1.807) is 0 Å². The molecule has 7 nitrogen and oxygen atoms in total. The number of carbonyl (C=O) groups is 1. The zero-order valence-corrected chi connectivity index (χ0v) is 18.0. The van der Waals surface area contributed by atoms with Crippen molar-refractivity contribution in [2.75, 3.05) is 13.1 Å². The fraction of sp³-hybridized carbons (Fsp3) is 0.905. The minimum atomic E-state index is -0.637. The Balaban J connectivity index is 1.58. The molecule has 3 rings (SSSR count). The van der Waals surface area contributed by atoms with Crippen molar-refractivity contribution in [1.82, 2.24) is 15.5 Å². The number of nitrogens with one attached hydrogen (secondary N) is 2. The lowest BCUT2D eigenvalue weighted by molar-refractivity contribution is 0.00540. The first-order valence-electron chi connectivity index (χ1n) is 11.0. The van der Waals surface area contributed by atoms with Crippen LogP contribution in [0.5, 0.6) is 0 Å². The van der Waals surface area contributed by atoms with Gasteiger partial charge in [0.05, 0.1) is 12.1 Å². The van der Waals surface area contributed by atoms with E-state index < -0.39 is 11.2 Å². The standard InChI is InChI=1S/C21H38N4O3/c1-5-22-18(23-14-21(27)10-6-7-11-21)24-15-12-16-8-9-17(13-15)25(16)19(26)28-20(2,3)4/h15-17,27H,5-14H2,1-4H3,(H2,22,23,24). The Hall–Kier alpha value is -1.50. The molecular weight excluding hydrogens is 356 g/mol. The highest BCUT2D eigenvalue weighted by Gasteiger charge is 2.45. The quantitative estimate of drug-likeness (QED) is 0.504. The maximum absolute atomic E-state index is 12.6. The zero-order valence-electron chi connectivity index (χ0n) is 18.0. The fourth-order valence-corrected chi connectivity index (χ4v) is 4.84. The number of ether oxygens (including phenoxy) is 1. The van der Waals surface area contributed by atoms with Gasteiger partial charge in [0.15, 0.2) is 5.96 Å². The first kappa shape index (κ1) is 21.2. The molecule has 3 aliphatic rings. The van der Waals surface area contributed by atoms with Crippen LogP contribution in [-0.2, 0) is 4.74 Å². The maximum Gasteiger partial charge on any atom is 0.410 e. The highest BCUT2D eigenvalue weighted by atomic mass is 16.6. The Morgan fingerprint density at radius 2 is 1.82 bits per heavy atom. The van der Waals surface area contributed by atoms with Gasteiger partial charge in [0.1, 0.15) is 5.60 Å². The molecule has 1 aliphatic carbocycles. The van der Waals surface area contributed by atoms with Crippen LogP contribution >= 0.6 is 0 Å². The number of carbonyl (C=O) groups excluding carboxylic acids is 1. The van der Waals surface area contributed by atoms with Crippen molar-refractivity contribution < 1.29 is 14.6 Å². The molecular formula is C21H38N4O3. The summed E-state index contributed by atoms with van der Waals surface area (Å²) in [7, 11) is 0. The molecule has 1 amide bonds. The summed E-state index contributed by atoms with van der Waals surface area (Å²) < 4.78 is 5.62. The lowest BCUT2D eigenvalue weighted by atomic mass is 9.98. The van der Waals surface area contributed by atoms with Crippen molar-refractivity contribution in [3.63, 3.8) is 0 Å². The van der Waals surface area contributed by atoms with Crippen molar-refractivity contribution in [3.8, 4) is 0 Å². The third-order valence-electron chi connectivity index (χ3n) is 6.09. The molecule has 3 fully saturated rings.